The van der Waals surface area contributed by atoms with Crippen molar-refractivity contribution in [3.05, 3.63) is 111 Å². The van der Waals surface area contributed by atoms with E-state index in [4.69, 9.17) is 4.74 Å². The number of hydrogen-bond donors (Lipinski definition) is 2. The molecule has 192 valence electrons. The number of para-hydroxylation sites is 1. The summed E-state index contributed by atoms with van der Waals surface area (Å²) in [5.41, 5.74) is 2.82. The molecule has 2 heterocycles. The number of rotatable bonds is 7. The molecule has 2 N–H and O–H groups in total. The highest BCUT2D eigenvalue weighted by molar-refractivity contribution is 6.46. The SMILES string of the molecule is COc1ccc2[nH]cc(CCN3C(=O)C(=O)C(=C(O)c4ccc(C)cc4)[C@H]3c3ccccc3[N+](=O)[O-])c2c1. The molecule has 1 saturated heterocycles. The summed E-state index contributed by atoms with van der Waals surface area (Å²) in [4.78, 5) is 42.5. The number of methoxy groups -OCH3 is 1. The Bertz CT molecular complexity index is 1600. The van der Waals surface area contributed by atoms with Gasteiger partial charge in [0.15, 0.2) is 0 Å². The molecule has 0 bridgehead atoms. The van der Waals surface area contributed by atoms with E-state index >= 15 is 0 Å². The lowest BCUT2D eigenvalue weighted by Crippen LogP contribution is -2.32. The van der Waals surface area contributed by atoms with Gasteiger partial charge in [0.05, 0.1) is 29.2 Å². The third-order valence-electron chi connectivity index (χ3n) is 6.89. The van der Waals surface area contributed by atoms with Crippen LogP contribution in [0.15, 0.2) is 78.5 Å². The molecular weight excluding hydrogens is 486 g/mol. The molecule has 0 unspecified atom stereocenters. The average Bonchev–Trinajstić information content (AvgIpc) is 3.44. The minimum atomic E-state index is -1.13. The number of amides is 1. The fourth-order valence-corrected chi connectivity index (χ4v) is 4.92. The van der Waals surface area contributed by atoms with Gasteiger partial charge in [-0.05, 0) is 43.2 Å². The summed E-state index contributed by atoms with van der Waals surface area (Å²) in [6.07, 6.45) is 2.19. The number of hydrogen-bond acceptors (Lipinski definition) is 6. The van der Waals surface area contributed by atoms with Crippen LogP contribution < -0.4 is 4.74 Å². The number of nitrogens with one attached hydrogen (secondary N) is 1. The predicted molar refractivity (Wildman–Crippen MR) is 142 cm³/mol. The van der Waals surface area contributed by atoms with Crippen LogP contribution in [0.2, 0.25) is 0 Å². The summed E-state index contributed by atoms with van der Waals surface area (Å²) in [5, 5.41) is 24.0. The molecule has 4 aromatic rings. The number of nitro groups is 1. The van der Waals surface area contributed by atoms with Crippen LogP contribution >= 0.6 is 0 Å². The summed E-state index contributed by atoms with van der Waals surface area (Å²) in [5.74, 6) is -1.39. The number of nitro benzene ring substituents is 1. The number of fused-ring (bicyclic) bond motifs is 1. The summed E-state index contributed by atoms with van der Waals surface area (Å²) < 4.78 is 5.34. The molecule has 9 nitrogen and oxygen atoms in total. The van der Waals surface area contributed by atoms with Crippen molar-refractivity contribution in [1.82, 2.24) is 9.88 Å². The van der Waals surface area contributed by atoms with E-state index in [9.17, 15) is 24.8 Å². The normalized spacial score (nSPS) is 16.8. The van der Waals surface area contributed by atoms with Crippen molar-refractivity contribution in [3.8, 4) is 5.75 Å². The zero-order valence-corrected chi connectivity index (χ0v) is 20.8. The average molecular weight is 512 g/mol. The van der Waals surface area contributed by atoms with E-state index < -0.39 is 22.7 Å². The highest BCUT2D eigenvalue weighted by Gasteiger charge is 2.47. The van der Waals surface area contributed by atoms with E-state index in [0.29, 0.717) is 17.7 Å². The van der Waals surface area contributed by atoms with Gasteiger partial charge in [0, 0.05) is 35.3 Å². The topological polar surface area (TPSA) is 126 Å². The molecule has 5 rings (SSSR count). The third kappa shape index (κ3) is 4.28. The quantitative estimate of drug-likeness (QED) is 0.117. The van der Waals surface area contributed by atoms with Crippen LogP contribution in [0.3, 0.4) is 0 Å². The van der Waals surface area contributed by atoms with E-state index in [2.05, 4.69) is 4.98 Å². The second-order valence-electron chi connectivity index (χ2n) is 9.15. The zero-order valence-electron chi connectivity index (χ0n) is 20.8. The molecule has 9 heteroatoms. The van der Waals surface area contributed by atoms with Crippen molar-refractivity contribution in [2.24, 2.45) is 0 Å². The Hall–Kier alpha value is -4.92. The number of nitrogens with zero attached hydrogens (tertiary/aromatic N) is 2. The number of aliphatic hydroxyl groups excluding tert-OH is 1. The number of H-pyrrole nitrogens is 1. The molecule has 3 aromatic carbocycles. The summed E-state index contributed by atoms with van der Waals surface area (Å²) in [6, 6.07) is 17.3. The molecular formula is C29H25N3O6. The minimum Gasteiger partial charge on any atom is -0.507 e. The van der Waals surface area contributed by atoms with Crippen molar-refractivity contribution < 1.29 is 24.4 Å². The second kappa shape index (κ2) is 9.85. The monoisotopic (exact) mass is 511 g/mol. The number of aliphatic hydroxyl groups is 1. The number of aryl methyl sites for hydroxylation is 1. The van der Waals surface area contributed by atoms with E-state index in [-0.39, 0.29) is 29.1 Å². The molecule has 1 aliphatic rings. The van der Waals surface area contributed by atoms with Gasteiger partial charge in [-0.1, -0.05) is 42.0 Å². The van der Waals surface area contributed by atoms with Gasteiger partial charge in [-0.3, -0.25) is 19.7 Å². The van der Waals surface area contributed by atoms with Crippen LogP contribution in [0.1, 0.15) is 28.3 Å². The third-order valence-corrected chi connectivity index (χ3v) is 6.89. The van der Waals surface area contributed by atoms with Gasteiger partial charge < -0.3 is 19.7 Å². The van der Waals surface area contributed by atoms with Crippen LogP contribution in [-0.4, -0.2) is 45.3 Å². The van der Waals surface area contributed by atoms with Gasteiger partial charge in [0.2, 0.25) is 0 Å². The first-order valence-corrected chi connectivity index (χ1v) is 12.0. The number of aromatic nitrogens is 1. The van der Waals surface area contributed by atoms with Crippen LogP contribution in [0.4, 0.5) is 5.69 Å². The summed E-state index contributed by atoms with van der Waals surface area (Å²) in [7, 11) is 1.58. The Morgan fingerprint density at radius 2 is 1.84 bits per heavy atom. The number of ether oxygens (including phenoxy) is 1. The Balaban J connectivity index is 1.60. The van der Waals surface area contributed by atoms with E-state index in [1.54, 1.807) is 37.4 Å². The van der Waals surface area contributed by atoms with E-state index in [0.717, 1.165) is 22.0 Å². The van der Waals surface area contributed by atoms with Crippen LogP contribution in [0.25, 0.3) is 16.7 Å². The van der Waals surface area contributed by atoms with Crippen LogP contribution in [0.5, 0.6) is 5.75 Å². The minimum absolute atomic E-state index is 0.0934. The lowest BCUT2D eigenvalue weighted by atomic mass is 9.94. The predicted octanol–water partition coefficient (Wildman–Crippen LogP) is 5.06. The Morgan fingerprint density at radius 1 is 1.11 bits per heavy atom. The van der Waals surface area contributed by atoms with E-state index in [1.165, 1.54) is 23.1 Å². The number of Topliss-reactive ketones (excluding diaryl/α,β-unsaturated/α-hetero) is 1. The maximum atomic E-state index is 13.3. The maximum Gasteiger partial charge on any atom is 0.295 e. The molecule has 0 spiro atoms. The van der Waals surface area contributed by atoms with Crippen molar-refractivity contribution >= 4 is 34.0 Å². The van der Waals surface area contributed by atoms with Crippen molar-refractivity contribution in [2.75, 3.05) is 13.7 Å². The zero-order chi connectivity index (χ0) is 27.0. The first kappa shape index (κ1) is 24.8. The lowest BCUT2D eigenvalue weighted by molar-refractivity contribution is -0.385. The van der Waals surface area contributed by atoms with Gasteiger partial charge in [0.1, 0.15) is 11.5 Å². The number of carbonyl (C=O) groups excluding carboxylic acids is 2. The van der Waals surface area contributed by atoms with Crippen molar-refractivity contribution in [2.45, 2.75) is 19.4 Å². The number of aromatic amines is 1. The number of carbonyl (C=O) groups is 2. The van der Waals surface area contributed by atoms with Gasteiger partial charge >= 0.3 is 0 Å². The van der Waals surface area contributed by atoms with Gasteiger partial charge in [0.25, 0.3) is 17.4 Å². The molecule has 0 saturated carbocycles. The molecule has 1 aromatic heterocycles. The molecule has 1 aliphatic heterocycles. The number of benzene rings is 3. The Kier molecular flexibility index (Phi) is 6.42. The van der Waals surface area contributed by atoms with Gasteiger partial charge in [-0.25, -0.2) is 0 Å². The Morgan fingerprint density at radius 3 is 2.55 bits per heavy atom. The molecule has 1 atom stereocenters. The molecule has 0 aliphatic carbocycles. The fourth-order valence-electron chi connectivity index (χ4n) is 4.92. The van der Waals surface area contributed by atoms with Gasteiger partial charge in [-0.2, -0.15) is 0 Å². The highest BCUT2D eigenvalue weighted by Crippen LogP contribution is 2.42. The summed E-state index contributed by atoms with van der Waals surface area (Å²) in [6.45, 7) is 1.98. The maximum absolute atomic E-state index is 13.3. The standard InChI is InChI=1S/C29H25N3O6/c1-17-7-9-18(10-8-17)27(33)25-26(21-5-3-4-6-24(21)32(36)37)31(29(35)28(25)34)14-13-19-16-30-23-12-11-20(38-2)15-22(19)23/h3-12,15-16,26,30,33H,13-14H2,1-2H3/t26-/m1/s1. The highest BCUT2D eigenvalue weighted by atomic mass is 16.6. The molecule has 0 radical (unpaired) electrons. The van der Waals surface area contributed by atoms with Crippen molar-refractivity contribution in [3.63, 3.8) is 0 Å². The number of likely N-dealkylation sites (tertiary alicyclic amines) is 1. The van der Waals surface area contributed by atoms with Crippen LogP contribution in [0, 0.1) is 17.0 Å². The smallest absolute Gasteiger partial charge is 0.295 e. The first-order valence-electron chi connectivity index (χ1n) is 12.0. The van der Waals surface area contributed by atoms with Crippen molar-refractivity contribution in [1.29, 1.82) is 0 Å². The van der Waals surface area contributed by atoms with Gasteiger partial charge in [-0.15, -0.1) is 0 Å². The summed E-state index contributed by atoms with van der Waals surface area (Å²) >= 11 is 0. The molecule has 1 amide bonds. The lowest BCUT2D eigenvalue weighted by Gasteiger charge is -2.25. The first-order chi connectivity index (χ1) is 18.3. The Labute approximate surface area is 218 Å². The van der Waals surface area contributed by atoms with Crippen LogP contribution in [-0.2, 0) is 16.0 Å². The second-order valence-corrected chi connectivity index (χ2v) is 9.15. The molecule has 38 heavy (non-hydrogen) atoms. The molecule has 1 fully saturated rings. The number of ketones is 1. The largest absolute Gasteiger partial charge is 0.507 e. The fraction of sp³-hybridized carbons (Fsp3) is 0.172. The van der Waals surface area contributed by atoms with E-state index in [1.807, 2.05) is 31.3 Å².